The SMILES string of the molecule is CN=C(NCCNC(=O)C(C)C)NC(C)c1ccc(Cl)cc1Cl.I. The normalized spacial score (nSPS) is 12.4. The summed E-state index contributed by atoms with van der Waals surface area (Å²) in [6, 6.07) is 5.38. The van der Waals surface area contributed by atoms with Crippen LogP contribution in [0.1, 0.15) is 32.4 Å². The van der Waals surface area contributed by atoms with Gasteiger partial charge in [0, 0.05) is 36.1 Å². The van der Waals surface area contributed by atoms with Crippen LogP contribution < -0.4 is 16.0 Å². The second-order valence-corrected chi connectivity index (χ2v) is 6.32. The summed E-state index contributed by atoms with van der Waals surface area (Å²) < 4.78 is 0. The first-order valence-electron chi connectivity index (χ1n) is 7.55. The summed E-state index contributed by atoms with van der Waals surface area (Å²) >= 11 is 12.1. The summed E-state index contributed by atoms with van der Waals surface area (Å²) in [4.78, 5) is 15.6. The van der Waals surface area contributed by atoms with Crippen molar-refractivity contribution in [2.45, 2.75) is 26.8 Å². The highest BCUT2D eigenvalue weighted by Crippen LogP contribution is 2.25. The summed E-state index contributed by atoms with van der Waals surface area (Å²) in [6.07, 6.45) is 0. The Hall–Kier alpha value is -0.730. The molecule has 5 nitrogen and oxygen atoms in total. The summed E-state index contributed by atoms with van der Waals surface area (Å²) in [5.41, 5.74) is 0.937. The molecule has 1 rings (SSSR count). The first-order chi connectivity index (χ1) is 10.8. The van der Waals surface area contributed by atoms with E-state index in [0.29, 0.717) is 29.1 Å². The molecule has 136 valence electrons. The lowest BCUT2D eigenvalue weighted by Gasteiger charge is -2.19. The molecule has 0 aliphatic rings. The Labute approximate surface area is 171 Å². The van der Waals surface area contributed by atoms with Crippen LogP contribution >= 0.6 is 47.2 Å². The van der Waals surface area contributed by atoms with Crippen LogP contribution in [0, 0.1) is 5.92 Å². The van der Waals surface area contributed by atoms with E-state index in [1.165, 1.54) is 0 Å². The number of carbonyl (C=O) groups is 1. The monoisotopic (exact) mass is 486 g/mol. The van der Waals surface area contributed by atoms with Crippen molar-refractivity contribution < 1.29 is 4.79 Å². The van der Waals surface area contributed by atoms with Crippen LogP contribution in [-0.4, -0.2) is 32.0 Å². The molecule has 24 heavy (non-hydrogen) atoms. The molecule has 0 saturated heterocycles. The van der Waals surface area contributed by atoms with Crippen molar-refractivity contribution in [3.8, 4) is 0 Å². The molecule has 8 heteroatoms. The fraction of sp³-hybridized carbons (Fsp3) is 0.500. The molecule has 0 aliphatic heterocycles. The molecular weight excluding hydrogens is 462 g/mol. The summed E-state index contributed by atoms with van der Waals surface area (Å²) in [5, 5.41) is 10.5. The van der Waals surface area contributed by atoms with Crippen molar-refractivity contribution in [3.05, 3.63) is 33.8 Å². The molecular formula is C16H25Cl2IN4O. The third-order valence-electron chi connectivity index (χ3n) is 3.25. The molecule has 0 aliphatic carbocycles. The highest BCUT2D eigenvalue weighted by atomic mass is 127. The second-order valence-electron chi connectivity index (χ2n) is 5.48. The smallest absolute Gasteiger partial charge is 0.222 e. The third-order valence-corrected chi connectivity index (χ3v) is 3.81. The first kappa shape index (κ1) is 23.3. The van der Waals surface area contributed by atoms with Crippen LogP contribution in [0.4, 0.5) is 0 Å². The minimum Gasteiger partial charge on any atom is -0.355 e. The van der Waals surface area contributed by atoms with Gasteiger partial charge >= 0.3 is 0 Å². The zero-order valence-corrected chi connectivity index (χ0v) is 18.2. The van der Waals surface area contributed by atoms with Gasteiger partial charge in [-0.2, -0.15) is 0 Å². The van der Waals surface area contributed by atoms with Crippen LogP contribution in [0.15, 0.2) is 23.2 Å². The molecule has 0 spiro atoms. The van der Waals surface area contributed by atoms with Crippen LogP contribution in [0.2, 0.25) is 10.0 Å². The van der Waals surface area contributed by atoms with Crippen molar-refractivity contribution in [1.29, 1.82) is 0 Å². The van der Waals surface area contributed by atoms with E-state index in [4.69, 9.17) is 23.2 Å². The Kier molecular flexibility index (Phi) is 11.4. The molecule has 1 aromatic carbocycles. The fourth-order valence-corrected chi connectivity index (χ4v) is 2.47. The number of amides is 1. The van der Waals surface area contributed by atoms with Crippen molar-refractivity contribution in [3.63, 3.8) is 0 Å². The zero-order valence-electron chi connectivity index (χ0n) is 14.3. The van der Waals surface area contributed by atoms with E-state index < -0.39 is 0 Å². The third kappa shape index (κ3) is 7.90. The Bertz CT molecular complexity index is 567. The van der Waals surface area contributed by atoms with Gasteiger partial charge < -0.3 is 16.0 Å². The minimum absolute atomic E-state index is 0. The summed E-state index contributed by atoms with van der Waals surface area (Å²) in [7, 11) is 1.69. The van der Waals surface area contributed by atoms with E-state index in [9.17, 15) is 4.79 Å². The maximum Gasteiger partial charge on any atom is 0.222 e. The first-order valence-corrected chi connectivity index (χ1v) is 8.30. The van der Waals surface area contributed by atoms with Crippen LogP contribution in [0.3, 0.4) is 0 Å². The van der Waals surface area contributed by atoms with Gasteiger partial charge in [-0.05, 0) is 24.6 Å². The van der Waals surface area contributed by atoms with Crippen molar-refractivity contribution in [2.24, 2.45) is 10.9 Å². The van der Waals surface area contributed by atoms with Gasteiger partial charge in [0.05, 0.1) is 6.04 Å². The zero-order chi connectivity index (χ0) is 17.4. The predicted octanol–water partition coefficient (Wildman–Crippen LogP) is 3.61. The predicted molar refractivity (Wildman–Crippen MR) is 113 cm³/mol. The molecule has 0 fully saturated rings. The van der Waals surface area contributed by atoms with E-state index in [-0.39, 0.29) is 41.8 Å². The number of halogens is 3. The molecule has 1 aromatic rings. The number of hydrogen-bond donors (Lipinski definition) is 3. The second kappa shape index (κ2) is 11.8. The van der Waals surface area contributed by atoms with E-state index in [0.717, 1.165) is 5.56 Å². The van der Waals surface area contributed by atoms with Gasteiger partial charge in [-0.25, -0.2) is 0 Å². The van der Waals surface area contributed by atoms with Crippen LogP contribution in [-0.2, 0) is 4.79 Å². The lowest BCUT2D eigenvalue weighted by Crippen LogP contribution is -2.42. The Morgan fingerprint density at radius 3 is 2.33 bits per heavy atom. The average Bonchev–Trinajstić information content (AvgIpc) is 2.49. The Morgan fingerprint density at radius 1 is 1.17 bits per heavy atom. The molecule has 0 heterocycles. The summed E-state index contributed by atoms with van der Waals surface area (Å²) in [6.45, 7) is 6.83. The largest absolute Gasteiger partial charge is 0.355 e. The lowest BCUT2D eigenvalue weighted by atomic mass is 10.1. The van der Waals surface area contributed by atoms with Crippen molar-refractivity contribution in [1.82, 2.24) is 16.0 Å². The van der Waals surface area contributed by atoms with E-state index in [1.54, 1.807) is 19.2 Å². The molecule has 0 saturated carbocycles. The van der Waals surface area contributed by atoms with Gasteiger partial charge in [0.15, 0.2) is 5.96 Å². The molecule has 1 amide bonds. The van der Waals surface area contributed by atoms with E-state index in [2.05, 4.69) is 20.9 Å². The lowest BCUT2D eigenvalue weighted by molar-refractivity contribution is -0.123. The van der Waals surface area contributed by atoms with Gasteiger partial charge in [-0.1, -0.05) is 43.1 Å². The maximum absolute atomic E-state index is 11.5. The minimum atomic E-state index is -0.0313. The Morgan fingerprint density at radius 2 is 1.79 bits per heavy atom. The molecule has 1 atom stereocenters. The number of hydrogen-bond acceptors (Lipinski definition) is 2. The van der Waals surface area contributed by atoms with Gasteiger partial charge in [0.2, 0.25) is 5.91 Å². The number of guanidine groups is 1. The number of benzene rings is 1. The number of aliphatic imine (C=N–C) groups is 1. The molecule has 3 N–H and O–H groups in total. The van der Waals surface area contributed by atoms with Crippen molar-refractivity contribution in [2.75, 3.05) is 20.1 Å². The van der Waals surface area contributed by atoms with Gasteiger partial charge in [0.25, 0.3) is 0 Å². The molecule has 0 radical (unpaired) electrons. The highest BCUT2D eigenvalue weighted by Gasteiger charge is 2.12. The quantitative estimate of drug-likeness (QED) is 0.249. The van der Waals surface area contributed by atoms with Gasteiger partial charge in [-0.3, -0.25) is 9.79 Å². The Balaban J connectivity index is 0.00000529. The van der Waals surface area contributed by atoms with Gasteiger partial charge in [-0.15, -0.1) is 24.0 Å². The number of nitrogens with one attached hydrogen (secondary N) is 3. The molecule has 0 aromatic heterocycles. The van der Waals surface area contributed by atoms with E-state index in [1.807, 2.05) is 26.8 Å². The van der Waals surface area contributed by atoms with Crippen LogP contribution in [0.5, 0.6) is 0 Å². The van der Waals surface area contributed by atoms with Crippen molar-refractivity contribution >= 4 is 59.0 Å². The summed E-state index contributed by atoms with van der Waals surface area (Å²) in [5.74, 6) is 0.665. The number of nitrogens with zero attached hydrogens (tertiary/aromatic N) is 1. The number of carbonyl (C=O) groups excluding carboxylic acids is 1. The van der Waals surface area contributed by atoms with Gasteiger partial charge in [0.1, 0.15) is 0 Å². The fourth-order valence-electron chi connectivity index (χ4n) is 1.90. The average molecular weight is 487 g/mol. The standard InChI is InChI=1S/C16H24Cl2N4O.HI/c1-10(2)15(23)20-7-8-21-16(19-4)22-11(3)13-6-5-12(17)9-14(13)18;/h5-6,9-11H,7-8H2,1-4H3,(H,20,23)(H2,19,21,22);1H. The number of rotatable bonds is 6. The maximum atomic E-state index is 11.5. The van der Waals surface area contributed by atoms with Crippen LogP contribution in [0.25, 0.3) is 0 Å². The molecule has 0 bridgehead atoms. The molecule has 1 unspecified atom stereocenters. The highest BCUT2D eigenvalue weighted by molar-refractivity contribution is 14.0. The van der Waals surface area contributed by atoms with E-state index >= 15 is 0 Å². The topological polar surface area (TPSA) is 65.5 Å².